The van der Waals surface area contributed by atoms with Crippen molar-refractivity contribution in [2.75, 3.05) is 21.6 Å². The van der Waals surface area contributed by atoms with E-state index in [4.69, 9.17) is 0 Å². The molecule has 0 spiro atoms. The number of carbonyl (C=O) groups is 1. The van der Waals surface area contributed by atoms with Crippen LogP contribution in [0.3, 0.4) is 0 Å². The summed E-state index contributed by atoms with van der Waals surface area (Å²) in [6.45, 7) is 3.77. The molecule has 0 aliphatic carbocycles. The third kappa shape index (κ3) is 5.16. The van der Waals surface area contributed by atoms with E-state index in [0.29, 0.717) is 17.2 Å². The van der Waals surface area contributed by atoms with Gasteiger partial charge in [-0.3, -0.25) is 14.4 Å². The Kier molecular flexibility index (Phi) is 6.79. The Balaban J connectivity index is 2.26. The molecule has 2 rings (SSSR count). The van der Waals surface area contributed by atoms with E-state index in [0.717, 1.165) is 20.7 Å². The molecule has 1 amide bonds. The fraction of sp³-hybridized carbons (Fsp3) is 0.400. The van der Waals surface area contributed by atoms with Gasteiger partial charge >= 0.3 is 0 Å². The van der Waals surface area contributed by atoms with E-state index >= 15 is 0 Å². The summed E-state index contributed by atoms with van der Waals surface area (Å²) in [6, 6.07) is 7.71. The third-order valence-electron chi connectivity index (χ3n) is 3.24. The molecule has 0 saturated heterocycles. The van der Waals surface area contributed by atoms with E-state index < -0.39 is 22.0 Å². The number of aromatic nitrogens is 2. The predicted octanol–water partition coefficient (Wildman–Crippen LogP) is 2.83. The van der Waals surface area contributed by atoms with Gasteiger partial charge in [-0.2, -0.15) is 0 Å². The zero-order valence-corrected chi connectivity index (χ0v) is 16.6. The average Bonchev–Trinajstić information content (AvgIpc) is 2.99. The molecule has 1 aromatic heterocycles. The van der Waals surface area contributed by atoms with Crippen molar-refractivity contribution in [3.05, 3.63) is 30.3 Å². The van der Waals surface area contributed by atoms with E-state index in [9.17, 15) is 13.2 Å². The van der Waals surface area contributed by atoms with Crippen LogP contribution in [0.1, 0.15) is 20.3 Å². The van der Waals surface area contributed by atoms with Gasteiger partial charge in [0.05, 0.1) is 11.9 Å². The molecule has 0 fully saturated rings. The maximum Gasteiger partial charge on any atom is 0.250 e. The number of benzene rings is 1. The fourth-order valence-corrected chi connectivity index (χ4v) is 5.13. The number of nitrogens with one attached hydrogen (secondary N) is 1. The molecule has 10 heteroatoms. The molecule has 2 aromatic rings. The first-order valence-corrected chi connectivity index (χ1v) is 11.3. The Bertz CT molecular complexity index is 808. The fourth-order valence-electron chi connectivity index (χ4n) is 2.27. The molecule has 7 nitrogen and oxygen atoms in total. The van der Waals surface area contributed by atoms with Crippen molar-refractivity contribution in [2.24, 2.45) is 0 Å². The summed E-state index contributed by atoms with van der Waals surface area (Å²) in [7, 11) is -3.63. The third-order valence-corrected chi connectivity index (χ3v) is 6.28. The SMILES string of the molecule is CCSc1nnc(NC(=O)[C@H](CC)N(c2ccccc2)S(C)(=O)=O)s1. The number of anilines is 2. The van der Waals surface area contributed by atoms with Crippen molar-refractivity contribution < 1.29 is 13.2 Å². The molecule has 1 atom stereocenters. The quantitative estimate of drug-likeness (QED) is 0.541. The van der Waals surface area contributed by atoms with Gasteiger partial charge < -0.3 is 0 Å². The van der Waals surface area contributed by atoms with Crippen LogP contribution in [-0.4, -0.2) is 42.6 Å². The minimum Gasteiger partial charge on any atom is -0.299 e. The van der Waals surface area contributed by atoms with Crippen molar-refractivity contribution in [1.82, 2.24) is 10.2 Å². The van der Waals surface area contributed by atoms with Gasteiger partial charge in [0.25, 0.3) is 0 Å². The van der Waals surface area contributed by atoms with Gasteiger partial charge in [-0.15, -0.1) is 10.2 Å². The summed E-state index contributed by atoms with van der Waals surface area (Å²) < 4.78 is 26.5. The molecule has 0 radical (unpaired) electrons. The Hall–Kier alpha value is -1.65. The lowest BCUT2D eigenvalue weighted by Crippen LogP contribution is -2.46. The van der Waals surface area contributed by atoms with Gasteiger partial charge in [-0.05, 0) is 24.3 Å². The Morgan fingerprint density at radius 3 is 2.52 bits per heavy atom. The molecule has 0 saturated carbocycles. The average molecular weight is 401 g/mol. The normalized spacial score (nSPS) is 12.6. The minimum atomic E-state index is -3.63. The van der Waals surface area contributed by atoms with Gasteiger partial charge in [0.15, 0.2) is 4.34 Å². The van der Waals surface area contributed by atoms with Gasteiger partial charge in [-0.1, -0.05) is 55.1 Å². The highest BCUT2D eigenvalue weighted by Crippen LogP contribution is 2.27. The molecule has 0 unspecified atom stereocenters. The van der Waals surface area contributed by atoms with Crippen LogP contribution < -0.4 is 9.62 Å². The topological polar surface area (TPSA) is 92.3 Å². The highest BCUT2D eigenvalue weighted by Gasteiger charge is 2.31. The largest absolute Gasteiger partial charge is 0.299 e. The second-order valence-corrected chi connectivity index (χ2v) is 9.46. The zero-order chi connectivity index (χ0) is 18.4. The summed E-state index contributed by atoms with van der Waals surface area (Å²) in [5.41, 5.74) is 0.450. The van der Waals surface area contributed by atoms with E-state index in [-0.39, 0.29) is 0 Å². The van der Waals surface area contributed by atoms with E-state index in [1.165, 1.54) is 23.1 Å². The molecular weight excluding hydrogens is 380 g/mol. The molecule has 25 heavy (non-hydrogen) atoms. The lowest BCUT2D eigenvalue weighted by atomic mass is 10.2. The number of hydrogen-bond donors (Lipinski definition) is 1. The highest BCUT2D eigenvalue weighted by atomic mass is 32.2. The number of carbonyl (C=O) groups excluding carboxylic acids is 1. The monoisotopic (exact) mass is 400 g/mol. The van der Waals surface area contributed by atoms with Crippen molar-refractivity contribution in [3.63, 3.8) is 0 Å². The first-order valence-electron chi connectivity index (χ1n) is 7.68. The Morgan fingerprint density at radius 1 is 1.28 bits per heavy atom. The number of nitrogens with zero attached hydrogens (tertiary/aromatic N) is 3. The summed E-state index contributed by atoms with van der Waals surface area (Å²) in [4.78, 5) is 12.7. The van der Waals surface area contributed by atoms with Crippen LogP contribution >= 0.6 is 23.1 Å². The summed E-state index contributed by atoms with van der Waals surface area (Å²) in [5.74, 6) is 0.428. The highest BCUT2D eigenvalue weighted by molar-refractivity contribution is 8.01. The number of hydrogen-bond acceptors (Lipinski definition) is 7. The molecule has 136 valence electrons. The second-order valence-electron chi connectivity index (χ2n) is 5.11. The second kappa shape index (κ2) is 8.63. The molecular formula is C15H20N4O3S3. The molecule has 1 N–H and O–H groups in total. The van der Waals surface area contributed by atoms with E-state index in [2.05, 4.69) is 15.5 Å². The molecule has 0 aliphatic heterocycles. The van der Waals surface area contributed by atoms with Gasteiger partial charge in [0, 0.05) is 0 Å². The maximum absolute atomic E-state index is 12.7. The number of amides is 1. The minimum absolute atomic E-state index is 0.323. The first kappa shape index (κ1) is 19.7. The summed E-state index contributed by atoms with van der Waals surface area (Å²) in [5, 5.41) is 11.0. The lowest BCUT2D eigenvalue weighted by molar-refractivity contribution is -0.117. The first-order chi connectivity index (χ1) is 11.9. The van der Waals surface area contributed by atoms with E-state index in [1.54, 1.807) is 37.3 Å². The molecule has 0 bridgehead atoms. The standard InChI is InChI=1S/C15H20N4O3S3/c1-4-12(13(20)16-14-17-18-15(24-14)23-5-2)19(25(3,21)22)11-9-7-6-8-10-11/h6-10,12H,4-5H2,1-3H3,(H,16,17,20)/t12-/m0/s1. The van der Waals surface area contributed by atoms with Crippen LogP contribution in [0.15, 0.2) is 34.7 Å². The van der Waals surface area contributed by atoms with Crippen molar-refractivity contribution in [2.45, 2.75) is 30.6 Å². The molecule has 0 aliphatic rings. The van der Waals surface area contributed by atoms with Crippen LogP contribution in [0.25, 0.3) is 0 Å². The summed E-state index contributed by atoms with van der Waals surface area (Å²) in [6.07, 6.45) is 1.42. The predicted molar refractivity (Wildman–Crippen MR) is 103 cm³/mol. The smallest absolute Gasteiger partial charge is 0.250 e. The zero-order valence-electron chi connectivity index (χ0n) is 14.2. The van der Waals surface area contributed by atoms with E-state index in [1.807, 2.05) is 6.92 Å². The van der Waals surface area contributed by atoms with Crippen LogP contribution in [-0.2, 0) is 14.8 Å². The van der Waals surface area contributed by atoms with Crippen molar-refractivity contribution >= 4 is 49.8 Å². The Morgan fingerprint density at radius 2 is 1.96 bits per heavy atom. The molecule has 1 aromatic carbocycles. The number of rotatable bonds is 8. The van der Waals surface area contributed by atoms with Crippen LogP contribution in [0.5, 0.6) is 0 Å². The van der Waals surface area contributed by atoms with Gasteiger partial charge in [0.1, 0.15) is 6.04 Å². The van der Waals surface area contributed by atoms with Crippen molar-refractivity contribution in [3.8, 4) is 0 Å². The number of sulfonamides is 1. The van der Waals surface area contributed by atoms with Crippen molar-refractivity contribution in [1.29, 1.82) is 0 Å². The van der Waals surface area contributed by atoms with Crippen LogP contribution in [0.4, 0.5) is 10.8 Å². The Labute approximate surface area is 155 Å². The van der Waals surface area contributed by atoms with Gasteiger partial charge in [-0.25, -0.2) is 8.42 Å². The molecule has 1 heterocycles. The van der Waals surface area contributed by atoms with Crippen LogP contribution in [0.2, 0.25) is 0 Å². The summed E-state index contributed by atoms with van der Waals surface area (Å²) >= 11 is 2.80. The van der Waals surface area contributed by atoms with Crippen LogP contribution in [0, 0.1) is 0 Å². The maximum atomic E-state index is 12.7. The number of para-hydroxylation sites is 1. The lowest BCUT2D eigenvalue weighted by Gasteiger charge is -2.29. The number of thioether (sulfide) groups is 1. The van der Waals surface area contributed by atoms with Gasteiger partial charge in [0.2, 0.25) is 21.1 Å².